The Balaban J connectivity index is 4.82. The van der Waals surface area contributed by atoms with Crippen molar-refractivity contribution in [3.05, 3.63) is 0 Å². The lowest BCUT2D eigenvalue weighted by Crippen LogP contribution is -1.88. The summed E-state index contributed by atoms with van der Waals surface area (Å²) in [4.78, 5) is 0. The van der Waals surface area contributed by atoms with Gasteiger partial charge in [0.15, 0.2) is 0 Å². The Bertz CT molecular complexity index is 192. The van der Waals surface area contributed by atoms with Crippen LogP contribution in [0.2, 0.25) is 0 Å². The average molecular weight is 208 g/mol. The van der Waals surface area contributed by atoms with Crippen molar-refractivity contribution in [2.75, 3.05) is 6.26 Å². The molecule has 0 nitrogen and oxygen atoms in total. The minimum atomic E-state index is -1.38. The van der Waals surface area contributed by atoms with Crippen LogP contribution in [0.25, 0.3) is 0 Å². The fourth-order valence-electron chi connectivity index (χ4n) is 0. The highest BCUT2D eigenvalue weighted by molar-refractivity contribution is 9.05. The van der Waals surface area contributed by atoms with Crippen molar-refractivity contribution in [3.8, 4) is 0 Å². The second kappa shape index (κ2) is 2.93. The molecule has 7 heavy (non-hydrogen) atoms. The zero-order valence-corrected chi connectivity index (χ0v) is 8.47. The SMILES string of the molecule is CS(=S)(=S)[SH](=S)=S. The van der Waals surface area contributed by atoms with Crippen molar-refractivity contribution in [1.29, 1.82) is 0 Å². The first-order chi connectivity index (χ1) is 2.94. The summed E-state index contributed by atoms with van der Waals surface area (Å²) in [5.74, 6) is 0. The molecule has 44 valence electrons. The van der Waals surface area contributed by atoms with Gasteiger partial charge in [0.25, 0.3) is 0 Å². The molecule has 0 amide bonds. The van der Waals surface area contributed by atoms with Gasteiger partial charge in [-0.2, -0.15) is 0 Å². The van der Waals surface area contributed by atoms with Crippen molar-refractivity contribution in [1.82, 2.24) is 0 Å². The van der Waals surface area contributed by atoms with Gasteiger partial charge in [0.1, 0.15) is 0 Å². The van der Waals surface area contributed by atoms with E-state index in [1.165, 1.54) is 0 Å². The third kappa shape index (κ3) is 4.11. The zero-order chi connectivity index (χ0) is 6.08. The molecule has 0 atom stereocenters. The zero-order valence-electron chi connectivity index (χ0n) is 3.49. The molecule has 0 aromatic heterocycles. The third-order valence-electron chi connectivity index (χ3n) is 0.271. The molecule has 0 heterocycles. The molecule has 0 N–H and O–H groups in total. The molecule has 0 spiro atoms. The lowest BCUT2D eigenvalue weighted by molar-refractivity contribution is 2.53. The van der Waals surface area contributed by atoms with Crippen molar-refractivity contribution in [2.24, 2.45) is 0 Å². The summed E-state index contributed by atoms with van der Waals surface area (Å²) >= 11 is 19.1. The molecule has 0 rings (SSSR count). The standard InChI is InChI=1S/CH4S6/c1-7(4,5)6(2)3/h6H,1H3. The van der Waals surface area contributed by atoms with Crippen molar-refractivity contribution < 1.29 is 0 Å². The van der Waals surface area contributed by atoms with Gasteiger partial charge in [0.2, 0.25) is 0 Å². The van der Waals surface area contributed by atoms with Gasteiger partial charge in [-0.3, -0.25) is 0 Å². The van der Waals surface area contributed by atoms with Gasteiger partial charge >= 0.3 is 0 Å². The molecule has 0 aliphatic heterocycles. The molecule has 0 unspecified atom stereocenters. The minimum absolute atomic E-state index is 0.862. The fourth-order valence-corrected chi connectivity index (χ4v) is 0. The molecule has 0 aliphatic carbocycles. The maximum Gasteiger partial charge on any atom is -0.0000443 e. The molecule has 0 radical (unpaired) electrons. The van der Waals surface area contributed by atoms with E-state index in [0.717, 1.165) is 0 Å². The number of rotatable bonds is 1. The molecule has 0 aliphatic rings. The van der Waals surface area contributed by atoms with Crippen molar-refractivity contribution in [3.63, 3.8) is 0 Å². The Morgan fingerprint density at radius 1 is 1.29 bits per heavy atom. The Morgan fingerprint density at radius 2 is 1.43 bits per heavy atom. The number of hydrogen-bond acceptors (Lipinski definition) is 4. The van der Waals surface area contributed by atoms with Crippen LogP contribution < -0.4 is 0 Å². The predicted molar refractivity (Wildman–Crippen MR) is 51.5 cm³/mol. The van der Waals surface area contributed by atoms with E-state index in [1.54, 1.807) is 6.26 Å². The average Bonchev–Trinajstić information content (AvgIpc) is 1.31. The van der Waals surface area contributed by atoms with Gasteiger partial charge in [0, 0.05) is 0 Å². The number of hydrogen-bond donors (Lipinski definition) is 1. The van der Waals surface area contributed by atoms with Crippen LogP contribution in [0.5, 0.6) is 0 Å². The molecule has 0 aromatic carbocycles. The van der Waals surface area contributed by atoms with E-state index in [2.05, 4.69) is 0 Å². The summed E-state index contributed by atoms with van der Waals surface area (Å²) in [5, 5.41) is 0. The first-order valence-electron chi connectivity index (χ1n) is 1.29. The molecule has 0 bridgehead atoms. The first kappa shape index (κ1) is 8.58. The summed E-state index contributed by atoms with van der Waals surface area (Å²) in [7, 11) is -0.862. The molecule has 6 heteroatoms. The van der Waals surface area contributed by atoms with Gasteiger partial charge in [-0.25, -0.2) is 0 Å². The summed E-state index contributed by atoms with van der Waals surface area (Å²) in [5.41, 5.74) is 0. The molecular formula is CH4S6. The molecule has 0 saturated carbocycles. The largest absolute Gasteiger partial charge is 0.0443 e. The van der Waals surface area contributed by atoms with E-state index in [0.29, 0.717) is 0 Å². The highest BCUT2D eigenvalue weighted by Gasteiger charge is 1.82. The van der Waals surface area contributed by atoms with Crippen molar-refractivity contribution in [2.45, 2.75) is 0 Å². The summed E-state index contributed by atoms with van der Waals surface area (Å²) in [6.45, 7) is 0. The van der Waals surface area contributed by atoms with Crippen LogP contribution in [0.15, 0.2) is 0 Å². The Labute approximate surface area is 63.7 Å². The van der Waals surface area contributed by atoms with Crippen LogP contribution in [-0.4, -0.2) is 6.26 Å². The van der Waals surface area contributed by atoms with Crippen LogP contribution in [0.1, 0.15) is 0 Å². The van der Waals surface area contributed by atoms with Crippen LogP contribution in [0.3, 0.4) is 0 Å². The molecule has 0 saturated heterocycles. The van der Waals surface area contributed by atoms with Gasteiger partial charge < -0.3 is 0 Å². The van der Waals surface area contributed by atoms with E-state index < -0.39 is 13.2 Å². The van der Waals surface area contributed by atoms with E-state index in [1.807, 2.05) is 0 Å². The van der Waals surface area contributed by atoms with E-state index >= 15 is 0 Å². The lowest BCUT2D eigenvalue weighted by atomic mass is 12.0. The van der Waals surface area contributed by atoms with Crippen molar-refractivity contribution >= 4 is 58.0 Å². The highest BCUT2D eigenvalue weighted by Crippen LogP contribution is 1.82. The van der Waals surface area contributed by atoms with Gasteiger partial charge in [0.05, 0.1) is 0 Å². The molecule has 0 fully saturated rings. The van der Waals surface area contributed by atoms with Crippen LogP contribution in [0.4, 0.5) is 0 Å². The normalized spacial score (nSPS) is 12.3. The topological polar surface area (TPSA) is 0 Å². The van der Waals surface area contributed by atoms with Crippen LogP contribution in [-0.2, 0) is 58.0 Å². The van der Waals surface area contributed by atoms with Gasteiger partial charge in [-0.05, 0) is 64.2 Å². The van der Waals surface area contributed by atoms with Gasteiger partial charge in [-0.15, -0.1) is 0 Å². The van der Waals surface area contributed by atoms with E-state index in [-0.39, 0.29) is 0 Å². The molecular weight excluding hydrogens is 204 g/mol. The summed E-state index contributed by atoms with van der Waals surface area (Å²) in [6.07, 6.45) is 0.415. The number of thiol groups is 1. The predicted octanol–water partition coefficient (Wildman–Crippen LogP) is -0.117. The second-order valence-electron chi connectivity index (χ2n) is 0.957. The summed E-state index contributed by atoms with van der Waals surface area (Å²) in [6, 6.07) is 0. The maximum atomic E-state index is 4.83. The van der Waals surface area contributed by atoms with Crippen LogP contribution >= 0.6 is 0 Å². The highest BCUT2D eigenvalue weighted by atomic mass is 33.7. The van der Waals surface area contributed by atoms with E-state index in [4.69, 9.17) is 44.8 Å². The van der Waals surface area contributed by atoms with E-state index in [9.17, 15) is 0 Å². The minimum Gasteiger partial charge on any atom is -0.0443 e. The second-order valence-corrected chi connectivity index (χ2v) is 16.5. The first-order valence-corrected chi connectivity index (χ1v) is 9.15. The smallest absolute Gasteiger partial charge is 0.0000443 e. The molecule has 0 aromatic rings. The quantitative estimate of drug-likeness (QED) is 0.471. The maximum absolute atomic E-state index is 4.83. The fraction of sp³-hybridized carbons (Fsp3) is 1.00. The lowest BCUT2D eigenvalue weighted by Gasteiger charge is -1.88. The Morgan fingerprint density at radius 3 is 1.43 bits per heavy atom. The Hall–Kier alpha value is 1.58. The van der Waals surface area contributed by atoms with Crippen LogP contribution in [0, 0.1) is 0 Å². The Kier molecular flexibility index (Phi) is 3.59. The third-order valence-corrected chi connectivity index (χ3v) is 13.9. The monoisotopic (exact) mass is 208 g/mol. The summed E-state index contributed by atoms with van der Waals surface area (Å²) < 4.78 is 0. The van der Waals surface area contributed by atoms with Gasteiger partial charge in [-0.1, -0.05) is 0 Å².